The van der Waals surface area contributed by atoms with Crippen molar-refractivity contribution in [3.63, 3.8) is 0 Å². The summed E-state index contributed by atoms with van der Waals surface area (Å²) in [5.74, 6) is -5.01. The van der Waals surface area contributed by atoms with Gasteiger partial charge in [-0.25, -0.2) is 22.6 Å². The topological polar surface area (TPSA) is 44.7 Å². The summed E-state index contributed by atoms with van der Waals surface area (Å²) in [6.07, 6.45) is -1.04. The van der Waals surface area contributed by atoms with Gasteiger partial charge in [-0.3, -0.25) is 10.1 Å². The number of aryl methyl sites for hydroxylation is 2. The first kappa shape index (κ1) is 19.9. The average molecular weight is 393 g/mol. The quantitative estimate of drug-likeness (QED) is 0.632. The number of rotatable bonds is 4. The van der Waals surface area contributed by atoms with Crippen LogP contribution < -0.4 is 5.32 Å². The van der Waals surface area contributed by atoms with E-state index in [1.807, 2.05) is 32.0 Å². The van der Waals surface area contributed by atoms with Gasteiger partial charge < -0.3 is 4.90 Å². The predicted molar refractivity (Wildman–Crippen MR) is 97.4 cm³/mol. The summed E-state index contributed by atoms with van der Waals surface area (Å²) in [6.45, 7) is 3.34. The summed E-state index contributed by atoms with van der Waals surface area (Å²) in [7, 11) is 0. The molecule has 1 atom stereocenters. The molecule has 1 aliphatic rings. The maximum atomic E-state index is 13.9. The fourth-order valence-corrected chi connectivity index (χ4v) is 2.90. The van der Waals surface area contributed by atoms with Crippen LogP contribution in [0, 0.1) is 24.4 Å². The number of carbonyl (C=O) groups is 1. The van der Waals surface area contributed by atoms with Gasteiger partial charge in [0.15, 0.2) is 23.6 Å². The standard InChI is InChI=1S/C20H19F4N3O/c1-3-12-5-4-11(2)17(8-12)25-20-26-19(28)16(23)10-27(20)9-13-6-14(21)18(24)15(22)7-13/h4-8,16H,3,9-10H2,1-2H3,(H,25,26,28). The lowest BCUT2D eigenvalue weighted by Crippen LogP contribution is -2.56. The smallest absolute Gasteiger partial charge is 0.263 e. The minimum Gasteiger partial charge on any atom is -0.335 e. The number of amides is 1. The van der Waals surface area contributed by atoms with Crippen molar-refractivity contribution in [1.29, 1.82) is 0 Å². The Hall–Kier alpha value is -2.90. The molecule has 1 N–H and O–H groups in total. The Balaban J connectivity index is 1.96. The Morgan fingerprint density at radius 2 is 1.82 bits per heavy atom. The molecule has 2 aromatic carbocycles. The summed E-state index contributed by atoms with van der Waals surface area (Å²) >= 11 is 0. The molecule has 1 unspecified atom stereocenters. The van der Waals surface area contributed by atoms with Crippen LogP contribution in [-0.2, 0) is 17.8 Å². The number of hydrogen-bond donors (Lipinski definition) is 1. The molecule has 0 saturated carbocycles. The molecule has 1 saturated heterocycles. The SMILES string of the molecule is CCc1ccc(C)c(N=C2NC(=O)C(F)CN2Cc2cc(F)c(F)c(F)c2)c1. The number of alkyl halides is 1. The van der Waals surface area contributed by atoms with E-state index in [2.05, 4.69) is 10.3 Å². The number of benzene rings is 2. The van der Waals surface area contributed by atoms with Crippen molar-refractivity contribution in [2.75, 3.05) is 6.54 Å². The van der Waals surface area contributed by atoms with Crippen LogP contribution in [0.5, 0.6) is 0 Å². The van der Waals surface area contributed by atoms with Crippen LogP contribution in [0.2, 0.25) is 0 Å². The molecular formula is C20H19F4N3O. The molecule has 1 fully saturated rings. The van der Waals surface area contributed by atoms with Gasteiger partial charge in [0, 0.05) is 6.54 Å². The molecule has 0 aliphatic carbocycles. The number of aliphatic imine (C=N–C) groups is 1. The van der Waals surface area contributed by atoms with E-state index in [4.69, 9.17) is 0 Å². The minimum absolute atomic E-state index is 0.0698. The van der Waals surface area contributed by atoms with Crippen LogP contribution in [0.1, 0.15) is 23.6 Å². The third kappa shape index (κ3) is 4.16. The third-order valence-electron chi connectivity index (χ3n) is 4.52. The number of hydrogen-bond acceptors (Lipinski definition) is 2. The monoisotopic (exact) mass is 393 g/mol. The van der Waals surface area contributed by atoms with Gasteiger partial charge in [0.1, 0.15) is 0 Å². The van der Waals surface area contributed by atoms with Crippen molar-refractivity contribution < 1.29 is 22.4 Å². The van der Waals surface area contributed by atoms with E-state index in [1.54, 1.807) is 0 Å². The fraction of sp³-hybridized carbons (Fsp3) is 0.300. The molecule has 0 aromatic heterocycles. The molecule has 28 heavy (non-hydrogen) atoms. The summed E-state index contributed by atoms with van der Waals surface area (Å²) in [4.78, 5) is 17.6. The first-order valence-corrected chi connectivity index (χ1v) is 8.80. The highest BCUT2D eigenvalue weighted by Crippen LogP contribution is 2.23. The number of nitrogens with zero attached hydrogens (tertiary/aromatic N) is 2. The van der Waals surface area contributed by atoms with Gasteiger partial charge in [0.2, 0.25) is 5.96 Å². The molecule has 1 aliphatic heterocycles. The molecule has 4 nitrogen and oxygen atoms in total. The predicted octanol–water partition coefficient (Wildman–Crippen LogP) is 3.93. The van der Waals surface area contributed by atoms with Crippen molar-refractivity contribution in [2.45, 2.75) is 33.0 Å². The van der Waals surface area contributed by atoms with E-state index in [1.165, 1.54) is 4.90 Å². The van der Waals surface area contributed by atoms with Gasteiger partial charge >= 0.3 is 0 Å². The van der Waals surface area contributed by atoms with E-state index in [9.17, 15) is 22.4 Å². The van der Waals surface area contributed by atoms with Crippen LogP contribution in [0.25, 0.3) is 0 Å². The molecule has 0 bridgehead atoms. The first-order chi connectivity index (χ1) is 13.3. The van der Waals surface area contributed by atoms with Crippen LogP contribution in [0.4, 0.5) is 23.2 Å². The van der Waals surface area contributed by atoms with Crippen molar-refractivity contribution in [3.05, 3.63) is 64.5 Å². The van der Waals surface area contributed by atoms with Crippen molar-refractivity contribution >= 4 is 17.6 Å². The molecule has 148 valence electrons. The van der Waals surface area contributed by atoms with E-state index < -0.39 is 29.5 Å². The Kier molecular flexibility index (Phi) is 5.67. The number of carbonyl (C=O) groups excluding carboxylic acids is 1. The Labute approximate surface area is 159 Å². The highest BCUT2D eigenvalue weighted by atomic mass is 19.2. The molecule has 1 amide bonds. The Morgan fingerprint density at radius 1 is 1.14 bits per heavy atom. The fourth-order valence-electron chi connectivity index (χ4n) is 2.90. The van der Waals surface area contributed by atoms with Crippen LogP contribution in [0.15, 0.2) is 35.3 Å². The number of nitrogens with one attached hydrogen (secondary N) is 1. The van der Waals surface area contributed by atoms with E-state index >= 15 is 0 Å². The van der Waals surface area contributed by atoms with Gasteiger partial charge in [-0.15, -0.1) is 0 Å². The lowest BCUT2D eigenvalue weighted by molar-refractivity contribution is -0.126. The lowest BCUT2D eigenvalue weighted by atomic mass is 10.1. The van der Waals surface area contributed by atoms with Crippen LogP contribution in [-0.4, -0.2) is 29.5 Å². The van der Waals surface area contributed by atoms with Crippen LogP contribution >= 0.6 is 0 Å². The second kappa shape index (κ2) is 8.00. The molecule has 3 rings (SSSR count). The molecule has 1 heterocycles. The van der Waals surface area contributed by atoms with Gasteiger partial charge in [0.05, 0.1) is 12.2 Å². The average Bonchev–Trinajstić information content (AvgIpc) is 2.65. The summed E-state index contributed by atoms with van der Waals surface area (Å²) in [5, 5.41) is 2.39. The van der Waals surface area contributed by atoms with E-state index in [0.29, 0.717) is 5.69 Å². The second-order valence-electron chi connectivity index (χ2n) is 6.62. The summed E-state index contributed by atoms with van der Waals surface area (Å²) in [5.41, 5.74) is 2.56. The zero-order valence-electron chi connectivity index (χ0n) is 15.4. The van der Waals surface area contributed by atoms with Crippen molar-refractivity contribution in [1.82, 2.24) is 10.2 Å². The maximum Gasteiger partial charge on any atom is 0.263 e. The number of guanidine groups is 1. The lowest BCUT2D eigenvalue weighted by Gasteiger charge is -2.32. The van der Waals surface area contributed by atoms with Gasteiger partial charge in [-0.1, -0.05) is 19.1 Å². The van der Waals surface area contributed by atoms with Gasteiger partial charge in [0.25, 0.3) is 5.91 Å². The maximum absolute atomic E-state index is 13.9. The highest BCUT2D eigenvalue weighted by molar-refractivity contribution is 6.02. The third-order valence-corrected chi connectivity index (χ3v) is 4.52. The van der Waals surface area contributed by atoms with Gasteiger partial charge in [-0.2, -0.15) is 0 Å². The zero-order valence-corrected chi connectivity index (χ0v) is 15.4. The summed E-state index contributed by atoms with van der Waals surface area (Å²) < 4.78 is 54.1. The van der Waals surface area contributed by atoms with Crippen molar-refractivity contribution in [3.8, 4) is 0 Å². The van der Waals surface area contributed by atoms with Crippen molar-refractivity contribution in [2.24, 2.45) is 4.99 Å². The number of halogens is 4. The molecule has 2 aromatic rings. The molecule has 8 heteroatoms. The first-order valence-electron chi connectivity index (χ1n) is 8.80. The zero-order chi connectivity index (χ0) is 20.4. The largest absolute Gasteiger partial charge is 0.335 e. The molecular weight excluding hydrogens is 374 g/mol. The Morgan fingerprint density at radius 3 is 2.46 bits per heavy atom. The van der Waals surface area contributed by atoms with E-state index in [-0.39, 0.29) is 24.6 Å². The summed E-state index contributed by atoms with van der Waals surface area (Å²) in [6, 6.07) is 7.37. The molecule has 0 radical (unpaired) electrons. The normalized spacial score (nSPS) is 18.5. The second-order valence-corrected chi connectivity index (χ2v) is 6.62. The van der Waals surface area contributed by atoms with Gasteiger partial charge in [-0.05, 0) is 48.2 Å². The highest BCUT2D eigenvalue weighted by Gasteiger charge is 2.31. The van der Waals surface area contributed by atoms with Crippen LogP contribution in [0.3, 0.4) is 0 Å². The Bertz CT molecular complexity index is 922. The molecule has 0 spiro atoms. The minimum atomic E-state index is -1.82. The van der Waals surface area contributed by atoms with E-state index in [0.717, 1.165) is 29.7 Å².